The lowest BCUT2D eigenvalue weighted by atomic mass is 10.2. The lowest BCUT2D eigenvalue weighted by molar-refractivity contribution is 0.669. The van der Waals surface area contributed by atoms with Crippen LogP contribution < -0.4 is 16.2 Å². The van der Waals surface area contributed by atoms with Crippen LogP contribution in [0.3, 0.4) is 0 Å². The van der Waals surface area contributed by atoms with Gasteiger partial charge in [0.05, 0.1) is 0 Å². The van der Waals surface area contributed by atoms with Crippen molar-refractivity contribution in [1.82, 2.24) is 9.97 Å². The highest BCUT2D eigenvalue weighted by atomic mass is 79.9. The largest absolute Gasteiger partial charge is 0.356 e. The number of nitrogen functional groups attached to an aromatic ring is 1. The van der Waals surface area contributed by atoms with Crippen molar-refractivity contribution in [2.24, 2.45) is 5.84 Å². The lowest BCUT2D eigenvalue weighted by Crippen LogP contribution is -2.27. The van der Waals surface area contributed by atoms with Crippen LogP contribution in [-0.4, -0.2) is 23.1 Å². The van der Waals surface area contributed by atoms with Crippen LogP contribution >= 0.6 is 15.9 Å². The van der Waals surface area contributed by atoms with Gasteiger partial charge in [-0.05, 0) is 28.8 Å². The number of hydrogen-bond donors (Lipinski definition) is 2. The zero-order chi connectivity index (χ0) is 13.4. The first-order chi connectivity index (χ1) is 8.74. The predicted molar refractivity (Wildman–Crippen MR) is 79.6 cm³/mol. The normalized spacial score (nSPS) is 10.4. The molecule has 5 nitrogen and oxygen atoms in total. The predicted octanol–water partition coefficient (Wildman–Crippen LogP) is 2.93. The topological polar surface area (TPSA) is 67.1 Å². The maximum Gasteiger partial charge on any atom is 0.159 e. The van der Waals surface area contributed by atoms with E-state index in [1.54, 1.807) is 6.33 Å². The Balaban J connectivity index is 2.88. The molecule has 1 heterocycles. The van der Waals surface area contributed by atoms with E-state index >= 15 is 0 Å². The number of nitrogens with one attached hydrogen (secondary N) is 1. The molecule has 0 spiro atoms. The molecule has 0 unspecified atom stereocenters. The van der Waals surface area contributed by atoms with Gasteiger partial charge in [0.1, 0.15) is 16.6 Å². The van der Waals surface area contributed by atoms with E-state index in [1.165, 1.54) is 12.8 Å². The fourth-order valence-corrected chi connectivity index (χ4v) is 2.27. The first-order valence-electron chi connectivity index (χ1n) is 6.46. The van der Waals surface area contributed by atoms with E-state index in [0.29, 0.717) is 5.82 Å². The molecule has 102 valence electrons. The van der Waals surface area contributed by atoms with Crippen molar-refractivity contribution in [2.75, 3.05) is 23.4 Å². The van der Waals surface area contributed by atoms with E-state index in [0.717, 1.165) is 36.2 Å². The standard InChI is InChI=1S/C12H22BrN5/c1-3-5-7-18(8-6-4-2)12-10(13)11(17-14)15-9-16-12/h9H,3-8,14H2,1-2H3,(H,15,16,17). The highest BCUT2D eigenvalue weighted by molar-refractivity contribution is 9.10. The Morgan fingerprint density at radius 2 is 1.83 bits per heavy atom. The molecule has 6 heteroatoms. The second kappa shape index (κ2) is 8.26. The highest BCUT2D eigenvalue weighted by Gasteiger charge is 2.14. The summed E-state index contributed by atoms with van der Waals surface area (Å²) in [6.45, 7) is 6.41. The Labute approximate surface area is 117 Å². The van der Waals surface area contributed by atoms with Crippen LogP contribution in [0.5, 0.6) is 0 Å². The first kappa shape index (κ1) is 15.2. The van der Waals surface area contributed by atoms with Gasteiger partial charge in [-0.2, -0.15) is 0 Å². The molecule has 0 saturated carbocycles. The van der Waals surface area contributed by atoms with Gasteiger partial charge in [0.25, 0.3) is 0 Å². The number of rotatable bonds is 8. The number of aromatic nitrogens is 2. The zero-order valence-electron chi connectivity index (χ0n) is 11.1. The van der Waals surface area contributed by atoms with Gasteiger partial charge in [-0.15, -0.1) is 0 Å². The van der Waals surface area contributed by atoms with Crippen LogP contribution in [0.2, 0.25) is 0 Å². The SMILES string of the molecule is CCCCN(CCCC)c1ncnc(NN)c1Br. The lowest BCUT2D eigenvalue weighted by Gasteiger charge is -2.24. The maximum absolute atomic E-state index is 5.43. The summed E-state index contributed by atoms with van der Waals surface area (Å²) in [6, 6.07) is 0. The van der Waals surface area contributed by atoms with Crippen LogP contribution in [0.1, 0.15) is 39.5 Å². The van der Waals surface area contributed by atoms with E-state index in [-0.39, 0.29) is 0 Å². The number of hydrogen-bond acceptors (Lipinski definition) is 5. The zero-order valence-corrected chi connectivity index (χ0v) is 12.7. The minimum Gasteiger partial charge on any atom is -0.356 e. The quantitative estimate of drug-likeness (QED) is 0.570. The molecule has 0 aromatic carbocycles. The van der Waals surface area contributed by atoms with Crippen molar-refractivity contribution in [1.29, 1.82) is 0 Å². The summed E-state index contributed by atoms with van der Waals surface area (Å²) in [5.74, 6) is 6.97. The highest BCUT2D eigenvalue weighted by Crippen LogP contribution is 2.29. The maximum atomic E-state index is 5.43. The van der Waals surface area contributed by atoms with E-state index in [1.807, 2.05) is 0 Å². The molecule has 0 bridgehead atoms. The Morgan fingerprint density at radius 1 is 1.22 bits per heavy atom. The van der Waals surface area contributed by atoms with E-state index < -0.39 is 0 Å². The fraction of sp³-hybridized carbons (Fsp3) is 0.667. The van der Waals surface area contributed by atoms with Crippen LogP contribution in [0.4, 0.5) is 11.6 Å². The van der Waals surface area contributed by atoms with Gasteiger partial charge in [-0.25, -0.2) is 15.8 Å². The fourth-order valence-electron chi connectivity index (χ4n) is 1.70. The molecule has 0 aliphatic rings. The molecule has 18 heavy (non-hydrogen) atoms. The molecular formula is C12H22BrN5. The van der Waals surface area contributed by atoms with Crippen molar-refractivity contribution < 1.29 is 0 Å². The van der Waals surface area contributed by atoms with Gasteiger partial charge < -0.3 is 10.3 Å². The van der Waals surface area contributed by atoms with Crippen LogP contribution in [0, 0.1) is 0 Å². The second-order valence-corrected chi connectivity index (χ2v) is 4.99. The molecule has 0 amide bonds. The molecule has 1 rings (SSSR count). The van der Waals surface area contributed by atoms with Crippen LogP contribution in [-0.2, 0) is 0 Å². The van der Waals surface area contributed by atoms with Crippen molar-refractivity contribution >= 4 is 27.6 Å². The number of hydrazine groups is 1. The van der Waals surface area contributed by atoms with Crippen molar-refractivity contribution in [2.45, 2.75) is 39.5 Å². The van der Waals surface area contributed by atoms with Gasteiger partial charge in [0.2, 0.25) is 0 Å². The summed E-state index contributed by atoms with van der Waals surface area (Å²) < 4.78 is 0.833. The Bertz CT molecular complexity index is 350. The van der Waals surface area contributed by atoms with Crippen molar-refractivity contribution in [3.05, 3.63) is 10.8 Å². The summed E-state index contributed by atoms with van der Waals surface area (Å²) >= 11 is 3.52. The van der Waals surface area contributed by atoms with Crippen molar-refractivity contribution in [3.63, 3.8) is 0 Å². The molecule has 1 aromatic heterocycles. The van der Waals surface area contributed by atoms with E-state index in [4.69, 9.17) is 5.84 Å². The van der Waals surface area contributed by atoms with E-state index in [9.17, 15) is 0 Å². The third-order valence-corrected chi connectivity index (χ3v) is 3.50. The summed E-state index contributed by atoms with van der Waals surface area (Å²) in [6.07, 6.45) is 6.21. The summed E-state index contributed by atoms with van der Waals surface area (Å²) in [5.41, 5.74) is 2.58. The average Bonchev–Trinajstić information content (AvgIpc) is 2.40. The van der Waals surface area contributed by atoms with Gasteiger partial charge in [-0.3, -0.25) is 0 Å². The molecular weight excluding hydrogens is 294 g/mol. The second-order valence-electron chi connectivity index (χ2n) is 4.20. The summed E-state index contributed by atoms with van der Waals surface area (Å²) in [5, 5.41) is 0. The Hall–Kier alpha value is -0.880. The van der Waals surface area contributed by atoms with Crippen molar-refractivity contribution in [3.8, 4) is 0 Å². The molecule has 0 aliphatic heterocycles. The average molecular weight is 316 g/mol. The smallest absolute Gasteiger partial charge is 0.159 e. The summed E-state index contributed by atoms with van der Waals surface area (Å²) in [7, 11) is 0. The van der Waals surface area contributed by atoms with Gasteiger partial charge in [0.15, 0.2) is 5.82 Å². The number of anilines is 2. The molecule has 0 fully saturated rings. The Kier molecular flexibility index (Phi) is 6.97. The third-order valence-electron chi connectivity index (χ3n) is 2.77. The van der Waals surface area contributed by atoms with Crippen LogP contribution in [0.25, 0.3) is 0 Å². The van der Waals surface area contributed by atoms with Gasteiger partial charge in [-0.1, -0.05) is 26.7 Å². The molecule has 0 aliphatic carbocycles. The minimum absolute atomic E-state index is 0.623. The third kappa shape index (κ3) is 4.10. The Morgan fingerprint density at radius 3 is 2.33 bits per heavy atom. The molecule has 1 aromatic rings. The molecule has 0 saturated heterocycles. The molecule has 0 atom stereocenters. The minimum atomic E-state index is 0.623. The molecule has 0 radical (unpaired) electrons. The molecule has 3 N–H and O–H groups in total. The number of halogens is 1. The van der Waals surface area contributed by atoms with Gasteiger partial charge >= 0.3 is 0 Å². The number of unbranched alkanes of at least 4 members (excludes halogenated alkanes) is 2. The number of nitrogens with two attached hydrogens (primary N) is 1. The first-order valence-corrected chi connectivity index (χ1v) is 7.25. The summed E-state index contributed by atoms with van der Waals surface area (Å²) in [4.78, 5) is 10.7. The van der Waals surface area contributed by atoms with Crippen LogP contribution in [0.15, 0.2) is 10.8 Å². The monoisotopic (exact) mass is 315 g/mol. The van der Waals surface area contributed by atoms with E-state index in [2.05, 4.69) is 50.1 Å². The van der Waals surface area contributed by atoms with Gasteiger partial charge in [0, 0.05) is 13.1 Å². The number of nitrogens with zero attached hydrogens (tertiary/aromatic N) is 3.